The quantitative estimate of drug-likeness (QED) is 0.491. The number of benzene rings is 1. The number of carbonyl (C=O) groups is 3. The van der Waals surface area contributed by atoms with Crippen LogP contribution >= 0.6 is 11.6 Å². The molecule has 0 saturated carbocycles. The zero-order chi connectivity index (χ0) is 26.9. The van der Waals surface area contributed by atoms with E-state index in [0.717, 1.165) is 5.56 Å². The minimum absolute atomic E-state index is 0.0148. The number of rotatable bonds is 9. The minimum atomic E-state index is -0.976. The first-order valence-electron chi connectivity index (χ1n) is 11.9. The highest BCUT2D eigenvalue weighted by Crippen LogP contribution is 2.32. The molecule has 0 radical (unpaired) electrons. The number of amides is 3. The zero-order valence-corrected chi connectivity index (χ0v) is 22.6. The van der Waals surface area contributed by atoms with Gasteiger partial charge in [0.25, 0.3) is 0 Å². The monoisotopic (exact) mass is 523 g/mol. The smallest absolute Gasteiger partial charge is 0.410 e. The van der Waals surface area contributed by atoms with Crippen molar-refractivity contribution in [2.45, 2.75) is 57.2 Å². The third-order valence-corrected chi connectivity index (χ3v) is 6.20. The van der Waals surface area contributed by atoms with Crippen LogP contribution in [0.15, 0.2) is 36.9 Å². The van der Waals surface area contributed by atoms with Crippen LogP contribution < -0.4 is 5.32 Å². The van der Waals surface area contributed by atoms with E-state index < -0.39 is 29.4 Å². The second kappa shape index (κ2) is 13.0. The molecule has 1 aliphatic heterocycles. The number of hydrogen-bond donors (Lipinski definition) is 1. The van der Waals surface area contributed by atoms with Crippen molar-refractivity contribution in [3.8, 4) is 0 Å². The van der Waals surface area contributed by atoms with Gasteiger partial charge < -0.3 is 29.3 Å². The van der Waals surface area contributed by atoms with Gasteiger partial charge in [0.2, 0.25) is 5.91 Å². The molecule has 0 bridgehead atoms. The molecule has 1 aromatic carbocycles. The Bertz CT molecular complexity index is 917. The van der Waals surface area contributed by atoms with Crippen LogP contribution in [0.1, 0.15) is 39.2 Å². The number of piperidine rings is 1. The summed E-state index contributed by atoms with van der Waals surface area (Å²) in [5.74, 6) is -0.354. The first-order chi connectivity index (χ1) is 16.9. The summed E-state index contributed by atoms with van der Waals surface area (Å²) in [4.78, 5) is 42.1. The maximum Gasteiger partial charge on any atom is 0.410 e. The number of methoxy groups -OCH3 is 1. The Labute approximate surface area is 218 Å². The molecule has 1 N–H and O–H groups in total. The minimum Gasteiger partial charge on any atom is -0.445 e. The lowest BCUT2D eigenvalue weighted by Gasteiger charge is -2.49. The number of hydrogen-bond acceptors (Lipinski definition) is 6. The summed E-state index contributed by atoms with van der Waals surface area (Å²) >= 11 is 6.08. The van der Waals surface area contributed by atoms with E-state index in [-0.39, 0.29) is 25.7 Å². The van der Waals surface area contributed by atoms with Crippen LogP contribution in [0, 0.1) is 0 Å². The van der Waals surface area contributed by atoms with E-state index in [1.807, 2.05) is 32.9 Å². The molecule has 200 valence electrons. The first-order valence-corrected chi connectivity index (χ1v) is 12.3. The first kappa shape index (κ1) is 29.5. The van der Waals surface area contributed by atoms with E-state index in [4.69, 9.17) is 25.8 Å². The molecule has 1 saturated heterocycles. The molecular weight excluding hydrogens is 486 g/mol. The summed E-state index contributed by atoms with van der Waals surface area (Å²) in [5, 5.41) is 3.19. The van der Waals surface area contributed by atoms with E-state index in [2.05, 4.69) is 11.9 Å². The van der Waals surface area contributed by atoms with Gasteiger partial charge in [-0.1, -0.05) is 36.4 Å². The van der Waals surface area contributed by atoms with Gasteiger partial charge >= 0.3 is 12.2 Å². The topological polar surface area (TPSA) is 97.4 Å². The van der Waals surface area contributed by atoms with E-state index in [9.17, 15) is 14.4 Å². The summed E-state index contributed by atoms with van der Waals surface area (Å²) in [6.07, 6.45) is 2.07. The summed E-state index contributed by atoms with van der Waals surface area (Å²) in [6.45, 7) is 9.73. The Hall–Kier alpha value is -2.78. The van der Waals surface area contributed by atoms with E-state index >= 15 is 0 Å². The highest BCUT2D eigenvalue weighted by Gasteiger charge is 2.45. The van der Waals surface area contributed by atoms with Crippen LogP contribution in [0.5, 0.6) is 0 Å². The third-order valence-electron chi connectivity index (χ3n) is 5.95. The number of carbonyl (C=O) groups excluding carboxylic acids is 3. The fourth-order valence-corrected chi connectivity index (χ4v) is 4.37. The molecule has 36 heavy (non-hydrogen) atoms. The molecule has 0 aliphatic carbocycles. The van der Waals surface area contributed by atoms with Crippen LogP contribution in [0.2, 0.25) is 5.02 Å². The second-order valence-electron chi connectivity index (χ2n) is 9.97. The van der Waals surface area contributed by atoms with E-state index in [0.29, 0.717) is 30.8 Å². The summed E-state index contributed by atoms with van der Waals surface area (Å²) < 4.78 is 15.8. The molecule has 1 aliphatic rings. The van der Waals surface area contributed by atoms with Gasteiger partial charge in [-0.2, -0.15) is 0 Å². The maximum atomic E-state index is 13.7. The van der Waals surface area contributed by atoms with Crippen molar-refractivity contribution >= 4 is 29.7 Å². The molecule has 1 fully saturated rings. The molecule has 2 rings (SSSR count). The lowest BCUT2D eigenvalue weighted by atomic mass is 9.81. The average molecular weight is 524 g/mol. The Morgan fingerprint density at radius 1 is 1.28 bits per heavy atom. The summed E-state index contributed by atoms with van der Waals surface area (Å²) in [5.41, 5.74) is -0.431. The Kier molecular flexibility index (Phi) is 10.6. The summed E-state index contributed by atoms with van der Waals surface area (Å²) in [7, 11) is 3.14. The van der Waals surface area contributed by atoms with Gasteiger partial charge in [0.15, 0.2) is 0 Å². The number of ether oxygens (including phenoxy) is 3. The van der Waals surface area contributed by atoms with Crippen molar-refractivity contribution < 1.29 is 28.6 Å². The standard InChI is InChI=1S/C26H38ClN3O6/c1-7-15-35-23(32)28-21(17-34-6)22(31)29(5)26(16-19-9-11-20(27)12-10-19)13-8-14-30(18-26)24(33)36-25(2,3)4/h7,9-12,21H,1,8,13-18H2,2-6H3,(H,28,32)/t21?,26-/m1/s1. The van der Waals surface area contributed by atoms with E-state index in [1.54, 1.807) is 29.0 Å². The number of halogens is 1. The molecular formula is C26H38ClN3O6. The highest BCUT2D eigenvalue weighted by atomic mass is 35.5. The number of nitrogens with zero attached hydrogens (tertiary/aromatic N) is 2. The molecule has 3 amide bonds. The molecule has 10 heteroatoms. The van der Waals surface area contributed by atoms with Gasteiger partial charge in [0, 0.05) is 32.3 Å². The second-order valence-corrected chi connectivity index (χ2v) is 10.4. The van der Waals surface area contributed by atoms with Crippen molar-refractivity contribution in [2.24, 2.45) is 0 Å². The number of likely N-dealkylation sites (tertiary alicyclic amines) is 1. The van der Waals surface area contributed by atoms with Gasteiger partial charge in [-0.15, -0.1) is 0 Å². The van der Waals surface area contributed by atoms with Gasteiger partial charge in [0.05, 0.1) is 12.1 Å². The lowest BCUT2D eigenvalue weighted by Crippen LogP contribution is -2.64. The van der Waals surface area contributed by atoms with Crippen LogP contribution in [0.25, 0.3) is 0 Å². The van der Waals surface area contributed by atoms with Crippen LogP contribution in [-0.2, 0) is 25.4 Å². The predicted molar refractivity (Wildman–Crippen MR) is 138 cm³/mol. The van der Waals surface area contributed by atoms with Crippen LogP contribution in [0.4, 0.5) is 9.59 Å². The third kappa shape index (κ3) is 8.41. The molecule has 1 heterocycles. The van der Waals surface area contributed by atoms with Crippen molar-refractivity contribution in [3.05, 3.63) is 47.5 Å². The highest BCUT2D eigenvalue weighted by molar-refractivity contribution is 6.30. The van der Waals surface area contributed by atoms with Gasteiger partial charge in [-0.05, 0) is 57.7 Å². The number of alkyl carbamates (subject to hydrolysis) is 1. The molecule has 1 aromatic rings. The molecule has 2 atom stereocenters. The van der Waals surface area contributed by atoms with Crippen molar-refractivity contribution in [3.63, 3.8) is 0 Å². The van der Waals surface area contributed by atoms with Crippen molar-refractivity contribution in [1.29, 1.82) is 0 Å². The predicted octanol–water partition coefficient (Wildman–Crippen LogP) is 4.04. The van der Waals surface area contributed by atoms with Crippen LogP contribution in [0.3, 0.4) is 0 Å². The lowest BCUT2D eigenvalue weighted by molar-refractivity contribution is -0.141. The van der Waals surface area contributed by atoms with Gasteiger partial charge in [-0.25, -0.2) is 9.59 Å². The Morgan fingerprint density at radius 2 is 1.94 bits per heavy atom. The Morgan fingerprint density at radius 3 is 2.53 bits per heavy atom. The fraction of sp³-hybridized carbons (Fsp3) is 0.577. The molecule has 9 nitrogen and oxygen atoms in total. The Balaban J connectivity index is 2.36. The summed E-state index contributed by atoms with van der Waals surface area (Å²) in [6, 6.07) is 6.44. The SMILES string of the molecule is C=CCOC(=O)NC(COC)C(=O)N(C)[C@@]1(Cc2ccc(Cl)cc2)CCCN(C(=O)OC(C)(C)C)C1. The van der Waals surface area contributed by atoms with Gasteiger partial charge in [0.1, 0.15) is 18.2 Å². The van der Waals surface area contributed by atoms with Crippen molar-refractivity contribution in [2.75, 3.05) is 40.5 Å². The maximum absolute atomic E-state index is 13.7. The number of likely N-dealkylation sites (N-methyl/N-ethyl adjacent to an activating group) is 1. The number of nitrogens with one attached hydrogen (secondary N) is 1. The van der Waals surface area contributed by atoms with Crippen LogP contribution in [-0.4, -0.2) is 85.5 Å². The van der Waals surface area contributed by atoms with E-state index in [1.165, 1.54) is 13.2 Å². The molecule has 0 aromatic heterocycles. The fourth-order valence-electron chi connectivity index (χ4n) is 4.24. The normalized spacial score (nSPS) is 18.7. The van der Waals surface area contributed by atoms with Gasteiger partial charge in [-0.3, -0.25) is 4.79 Å². The average Bonchev–Trinajstić information content (AvgIpc) is 2.82. The largest absolute Gasteiger partial charge is 0.445 e. The van der Waals surface area contributed by atoms with Crippen molar-refractivity contribution in [1.82, 2.24) is 15.1 Å². The molecule has 0 spiro atoms. The molecule has 1 unspecified atom stereocenters. The zero-order valence-electron chi connectivity index (χ0n) is 21.8.